The van der Waals surface area contributed by atoms with Crippen LogP contribution in [0.2, 0.25) is 0 Å². The Morgan fingerprint density at radius 1 is 0.440 bits per heavy atom. The fourth-order valence-electron chi connectivity index (χ4n) is 8.29. The molecule has 0 unspecified atom stereocenters. The summed E-state index contributed by atoms with van der Waals surface area (Å²) in [6.07, 6.45) is 44.8. The summed E-state index contributed by atoms with van der Waals surface area (Å²) < 4.78 is 24.5. The molecule has 0 aromatic carbocycles. The minimum Gasteiger partial charge on any atom is -0.353 e. The van der Waals surface area contributed by atoms with Gasteiger partial charge in [0.15, 0.2) is 12.1 Å². The Kier molecular flexibility index (Phi) is 28.7. The Hall–Kier alpha value is -0.200. The number of ether oxygens (including phenoxy) is 4. The van der Waals surface area contributed by atoms with Gasteiger partial charge in [0.05, 0.1) is 0 Å². The molecule has 0 bridgehead atoms. The molecule has 50 heavy (non-hydrogen) atoms. The molecule has 0 aromatic rings. The second-order valence-electron chi connectivity index (χ2n) is 16.8. The van der Waals surface area contributed by atoms with Crippen LogP contribution < -0.4 is 0 Å². The molecule has 0 aromatic heterocycles. The van der Waals surface area contributed by atoms with Gasteiger partial charge in [0.25, 0.3) is 0 Å². The van der Waals surface area contributed by atoms with E-state index >= 15 is 0 Å². The van der Waals surface area contributed by atoms with E-state index in [2.05, 4.69) is 18.7 Å². The lowest BCUT2D eigenvalue weighted by Crippen LogP contribution is -2.41. The number of unbranched alkanes of at least 4 members (excludes halogenated alkanes) is 30. The number of hydrogen-bond acceptors (Lipinski definition) is 5. The number of nitrogens with zero attached hydrogens (tertiary/aromatic N) is 1. The van der Waals surface area contributed by atoms with Gasteiger partial charge in [0, 0.05) is 13.7 Å². The molecule has 2 fully saturated rings. The van der Waals surface area contributed by atoms with Crippen molar-refractivity contribution in [2.24, 2.45) is 0 Å². The summed E-state index contributed by atoms with van der Waals surface area (Å²) in [6, 6.07) is 0. The van der Waals surface area contributed by atoms with Gasteiger partial charge in [0.1, 0.15) is 18.3 Å². The van der Waals surface area contributed by atoms with Gasteiger partial charge in [-0.1, -0.05) is 206 Å². The first-order chi connectivity index (χ1) is 24.5. The van der Waals surface area contributed by atoms with E-state index < -0.39 is 5.79 Å². The van der Waals surface area contributed by atoms with E-state index in [1.54, 1.807) is 7.11 Å². The SMILES string of the molecule is CCCCCCCCCCCCCCCCCCN(CCCCCCCCCCCCCCCCCC)C[C@H]1O[C@@H](OC)[C@@H]2OC(C)(C)O[C@@H]21. The molecule has 0 N–H and O–H groups in total. The predicted molar refractivity (Wildman–Crippen MR) is 215 cm³/mol. The van der Waals surface area contributed by atoms with E-state index in [1.165, 1.54) is 205 Å². The van der Waals surface area contributed by atoms with Crippen molar-refractivity contribution in [3.05, 3.63) is 0 Å². The molecule has 2 saturated heterocycles. The van der Waals surface area contributed by atoms with E-state index in [9.17, 15) is 0 Å². The summed E-state index contributed by atoms with van der Waals surface area (Å²) in [6.45, 7) is 11.9. The van der Waals surface area contributed by atoms with Crippen LogP contribution in [-0.4, -0.2) is 62.0 Å². The van der Waals surface area contributed by atoms with Crippen LogP contribution in [0.25, 0.3) is 0 Å². The van der Waals surface area contributed by atoms with Crippen molar-refractivity contribution in [2.75, 3.05) is 26.7 Å². The molecule has 0 spiro atoms. The van der Waals surface area contributed by atoms with Gasteiger partial charge >= 0.3 is 0 Å². The number of rotatable bonds is 37. The summed E-state index contributed by atoms with van der Waals surface area (Å²) in [4.78, 5) is 2.67. The third-order valence-corrected chi connectivity index (χ3v) is 11.4. The standard InChI is InChI=1S/C45H89NO4/c1-6-8-10-12-14-16-18-20-22-24-26-28-30-32-34-36-38-46(40-41-42-43(44(47-5)48-41)50-45(3,4)49-42)39-37-35-33-31-29-27-25-23-21-19-17-15-13-11-9-7-2/h41-44H,6-40H2,1-5H3/t41-,42-,43-,44-/m1/s1. The van der Waals surface area contributed by atoms with Crippen LogP contribution in [0.5, 0.6) is 0 Å². The highest BCUT2D eigenvalue weighted by Crippen LogP contribution is 2.39. The maximum Gasteiger partial charge on any atom is 0.186 e. The van der Waals surface area contributed by atoms with Gasteiger partial charge in [-0.3, -0.25) is 0 Å². The predicted octanol–water partition coefficient (Wildman–Crippen LogP) is 13.7. The third-order valence-electron chi connectivity index (χ3n) is 11.4. The van der Waals surface area contributed by atoms with Crippen LogP contribution in [0.4, 0.5) is 0 Å². The average molecular weight is 708 g/mol. The van der Waals surface area contributed by atoms with Crippen molar-refractivity contribution in [2.45, 2.75) is 264 Å². The molecule has 2 heterocycles. The van der Waals surface area contributed by atoms with Crippen LogP contribution in [0.15, 0.2) is 0 Å². The van der Waals surface area contributed by atoms with Crippen LogP contribution in [-0.2, 0) is 18.9 Å². The van der Waals surface area contributed by atoms with Gasteiger partial charge in [-0.05, 0) is 39.8 Å². The Bertz CT molecular complexity index is 696. The summed E-state index contributed by atoms with van der Waals surface area (Å²) in [5.41, 5.74) is 0. The van der Waals surface area contributed by atoms with Crippen molar-refractivity contribution in [3.63, 3.8) is 0 Å². The molecule has 2 aliphatic rings. The molecule has 0 amide bonds. The summed E-state index contributed by atoms with van der Waals surface area (Å²) in [5, 5.41) is 0. The first-order valence-electron chi connectivity index (χ1n) is 22.8. The second kappa shape index (κ2) is 31.2. The summed E-state index contributed by atoms with van der Waals surface area (Å²) in [5.74, 6) is -0.569. The van der Waals surface area contributed by atoms with Gasteiger partial charge in [-0.2, -0.15) is 0 Å². The summed E-state index contributed by atoms with van der Waals surface area (Å²) >= 11 is 0. The van der Waals surface area contributed by atoms with E-state index in [0.29, 0.717) is 0 Å². The molecule has 2 rings (SSSR count). The highest BCUT2D eigenvalue weighted by molar-refractivity contribution is 4.96. The van der Waals surface area contributed by atoms with Crippen molar-refractivity contribution in [1.29, 1.82) is 0 Å². The van der Waals surface area contributed by atoms with Crippen molar-refractivity contribution in [3.8, 4) is 0 Å². The van der Waals surface area contributed by atoms with Crippen molar-refractivity contribution < 1.29 is 18.9 Å². The first-order valence-corrected chi connectivity index (χ1v) is 22.8. The van der Waals surface area contributed by atoms with Crippen molar-refractivity contribution in [1.82, 2.24) is 4.90 Å². The number of hydrogen-bond donors (Lipinski definition) is 0. The van der Waals surface area contributed by atoms with Gasteiger partial charge in [0.2, 0.25) is 0 Å². The lowest BCUT2D eigenvalue weighted by molar-refractivity contribution is -0.228. The quantitative estimate of drug-likeness (QED) is 0.0601. The molecule has 4 atom stereocenters. The molecule has 5 nitrogen and oxygen atoms in total. The van der Waals surface area contributed by atoms with Crippen molar-refractivity contribution >= 4 is 0 Å². The Balaban J connectivity index is 1.56. The minimum absolute atomic E-state index is 0.00819. The Morgan fingerprint density at radius 2 is 0.740 bits per heavy atom. The lowest BCUT2D eigenvalue weighted by atomic mass is 10.0. The maximum absolute atomic E-state index is 6.35. The zero-order chi connectivity index (χ0) is 36.0. The number of fused-ring (bicyclic) bond motifs is 1. The third kappa shape index (κ3) is 22.8. The lowest BCUT2D eigenvalue weighted by Gasteiger charge is -2.29. The minimum atomic E-state index is -0.569. The van der Waals surface area contributed by atoms with Crippen LogP contribution in [0.1, 0.15) is 233 Å². The molecular weight excluding hydrogens is 618 g/mol. The normalized spacial score (nSPS) is 21.5. The molecule has 5 heteroatoms. The maximum atomic E-state index is 6.35. The zero-order valence-corrected chi connectivity index (χ0v) is 34.6. The van der Waals surface area contributed by atoms with E-state index in [1.807, 2.05) is 13.8 Å². The van der Waals surface area contributed by atoms with Crippen LogP contribution in [0, 0.1) is 0 Å². The molecule has 0 saturated carbocycles. The first kappa shape index (κ1) is 46.0. The molecule has 0 radical (unpaired) electrons. The van der Waals surface area contributed by atoms with E-state index in [0.717, 1.165) is 19.6 Å². The number of methoxy groups -OCH3 is 1. The van der Waals surface area contributed by atoms with E-state index in [4.69, 9.17) is 18.9 Å². The Labute approximate surface area is 313 Å². The fraction of sp³-hybridized carbons (Fsp3) is 1.00. The van der Waals surface area contributed by atoms with Crippen LogP contribution >= 0.6 is 0 Å². The van der Waals surface area contributed by atoms with E-state index in [-0.39, 0.29) is 24.6 Å². The monoisotopic (exact) mass is 708 g/mol. The fourth-order valence-corrected chi connectivity index (χ4v) is 8.29. The molecule has 0 aliphatic carbocycles. The van der Waals surface area contributed by atoms with Gasteiger partial charge in [-0.25, -0.2) is 0 Å². The average Bonchev–Trinajstić information content (AvgIpc) is 3.59. The highest BCUT2D eigenvalue weighted by Gasteiger charge is 2.55. The summed E-state index contributed by atoms with van der Waals surface area (Å²) in [7, 11) is 1.73. The zero-order valence-electron chi connectivity index (χ0n) is 34.6. The topological polar surface area (TPSA) is 40.2 Å². The molecular formula is C45H89NO4. The highest BCUT2D eigenvalue weighted by atomic mass is 16.8. The molecule has 298 valence electrons. The van der Waals surface area contributed by atoms with Crippen LogP contribution in [0.3, 0.4) is 0 Å². The van der Waals surface area contributed by atoms with Gasteiger partial charge < -0.3 is 23.8 Å². The Morgan fingerprint density at radius 3 is 1.06 bits per heavy atom. The smallest absolute Gasteiger partial charge is 0.186 e. The second-order valence-corrected chi connectivity index (χ2v) is 16.8. The molecule has 2 aliphatic heterocycles. The van der Waals surface area contributed by atoms with Gasteiger partial charge in [-0.15, -0.1) is 0 Å². The largest absolute Gasteiger partial charge is 0.353 e.